The summed E-state index contributed by atoms with van der Waals surface area (Å²) in [5.74, 6) is 1.45. The molecule has 0 spiro atoms. The lowest BCUT2D eigenvalue weighted by atomic mass is 10.0. The first-order valence-electron chi connectivity index (χ1n) is 4.36. The number of hydrogen-bond donors (Lipinski definition) is 1. The zero-order valence-electron chi connectivity index (χ0n) is 8.09. The first-order chi connectivity index (χ1) is 5.06. The number of hydrogen-bond acceptors (Lipinski definition) is 1. The summed E-state index contributed by atoms with van der Waals surface area (Å²) < 4.78 is 0. The molecule has 0 heterocycles. The van der Waals surface area contributed by atoms with E-state index >= 15 is 0 Å². The molecule has 0 amide bonds. The van der Waals surface area contributed by atoms with Crippen molar-refractivity contribution in [1.82, 2.24) is 0 Å². The highest BCUT2D eigenvalue weighted by molar-refractivity contribution is 5.77. The molecule has 11 heavy (non-hydrogen) atoms. The van der Waals surface area contributed by atoms with Crippen LogP contribution >= 0.6 is 0 Å². The van der Waals surface area contributed by atoms with Crippen molar-refractivity contribution in [2.45, 2.75) is 46.6 Å². The van der Waals surface area contributed by atoms with Gasteiger partial charge in [0.1, 0.15) is 0 Å². The highest BCUT2D eigenvalue weighted by Gasteiger charge is 2.04. The first kappa shape index (κ1) is 10.5. The van der Waals surface area contributed by atoms with Gasteiger partial charge in [0, 0.05) is 6.04 Å². The lowest BCUT2D eigenvalue weighted by molar-refractivity contribution is 0.470. The molecule has 2 unspecified atom stereocenters. The van der Waals surface area contributed by atoms with Gasteiger partial charge in [-0.1, -0.05) is 20.3 Å². The first-order valence-corrected chi connectivity index (χ1v) is 4.36. The monoisotopic (exact) mass is 156 g/mol. The second kappa shape index (κ2) is 5.16. The van der Waals surface area contributed by atoms with E-state index in [4.69, 9.17) is 5.73 Å². The minimum atomic E-state index is 0.384. The number of amidine groups is 1. The van der Waals surface area contributed by atoms with E-state index < -0.39 is 0 Å². The lowest BCUT2D eigenvalue weighted by Crippen LogP contribution is -2.12. The van der Waals surface area contributed by atoms with Crippen LogP contribution in [0.5, 0.6) is 0 Å². The topological polar surface area (TPSA) is 38.4 Å². The van der Waals surface area contributed by atoms with Gasteiger partial charge in [-0.2, -0.15) is 0 Å². The van der Waals surface area contributed by atoms with Crippen LogP contribution < -0.4 is 5.73 Å². The number of nitrogens with zero attached hydrogens (tertiary/aromatic N) is 1. The van der Waals surface area contributed by atoms with E-state index in [0.717, 1.165) is 12.3 Å². The summed E-state index contributed by atoms with van der Waals surface area (Å²) in [6.45, 7) is 8.41. The molecule has 0 aromatic carbocycles. The predicted octanol–water partition coefficient (Wildman–Crippen LogP) is 2.19. The van der Waals surface area contributed by atoms with Gasteiger partial charge in [-0.3, -0.25) is 4.99 Å². The molecule has 0 radical (unpaired) electrons. The third-order valence-electron chi connectivity index (χ3n) is 1.86. The summed E-state index contributed by atoms with van der Waals surface area (Å²) in [6, 6.07) is 0.384. The Balaban J connectivity index is 3.69. The molecule has 0 aliphatic carbocycles. The molecule has 0 aliphatic rings. The maximum absolute atomic E-state index is 5.46. The van der Waals surface area contributed by atoms with Crippen molar-refractivity contribution < 1.29 is 0 Å². The molecule has 0 rings (SSSR count). The quantitative estimate of drug-likeness (QED) is 0.492. The van der Waals surface area contributed by atoms with Crippen LogP contribution in [0.2, 0.25) is 0 Å². The van der Waals surface area contributed by atoms with E-state index in [9.17, 15) is 0 Å². The average molecular weight is 156 g/mol. The summed E-state index contributed by atoms with van der Waals surface area (Å²) in [5.41, 5.74) is 5.46. The normalized spacial score (nSPS) is 18.0. The van der Waals surface area contributed by atoms with Gasteiger partial charge in [-0.05, 0) is 26.2 Å². The fourth-order valence-electron chi connectivity index (χ4n) is 1.15. The van der Waals surface area contributed by atoms with Gasteiger partial charge in [0.15, 0.2) is 0 Å². The summed E-state index contributed by atoms with van der Waals surface area (Å²) >= 11 is 0. The number of nitrogens with two attached hydrogens (primary N) is 1. The summed E-state index contributed by atoms with van der Waals surface area (Å²) in [7, 11) is 0. The molecule has 0 aliphatic heterocycles. The van der Waals surface area contributed by atoms with Crippen molar-refractivity contribution in [3.63, 3.8) is 0 Å². The second-order valence-electron chi connectivity index (χ2n) is 3.37. The molecule has 66 valence electrons. The molecule has 0 saturated carbocycles. The minimum absolute atomic E-state index is 0.384. The van der Waals surface area contributed by atoms with Crippen molar-refractivity contribution in [2.24, 2.45) is 16.6 Å². The van der Waals surface area contributed by atoms with Crippen LogP contribution in [0.1, 0.15) is 40.5 Å². The van der Waals surface area contributed by atoms with Gasteiger partial charge in [-0.15, -0.1) is 0 Å². The fraction of sp³-hybridized carbons (Fsp3) is 0.889. The van der Waals surface area contributed by atoms with Crippen LogP contribution in [-0.2, 0) is 0 Å². The molecule has 0 aromatic heterocycles. The van der Waals surface area contributed by atoms with Crippen molar-refractivity contribution in [3.8, 4) is 0 Å². The Hall–Kier alpha value is -0.530. The SMILES string of the molecule is CCC(C)CC(C)N=C(C)N. The Bertz CT molecular complexity index is 126. The third kappa shape index (κ3) is 5.89. The van der Waals surface area contributed by atoms with E-state index in [1.54, 1.807) is 0 Å². The molecule has 0 saturated heterocycles. The summed E-state index contributed by atoms with van der Waals surface area (Å²) in [6.07, 6.45) is 2.37. The Morgan fingerprint density at radius 1 is 1.45 bits per heavy atom. The molecular formula is C9H20N2. The molecule has 0 fully saturated rings. The molecule has 2 atom stereocenters. The Morgan fingerprint density at radius 3 is 2.36 bits per heavy atom. The van der Waals surface area contributed by atoms with Gasteiger partial charge in [0.2, 0.25) is 0 Å². The highest BCUT2D eigenvalue weighted by Crippen LogP contribution is 2.11. The molecule has 2 nitrogen and oxygen atoms in total. The number of aliphatic imine (C=N–C) groups is 1. The van der Waals surface area contributed by atoms with E-state index in [1.165, 1.54) is 6.42 Å². The lowest BCUT2D eigenvalue weighted by Gasteiger charge is -2.11. The molecular weight excluding hydrogens is 136 g/mol. The van der Waals surface area contributed by atoms with E-state index in [-0.39, 0.29) is 0 Å². The third-order valence-corrected chi connectivity index (χ3v) is 1.86. The van der Waals surface area contributed by atoms with E-state index in [0.29, 0.717) is 11.9 Å². The predicted molar refractivity (Wildman–Crippen MR) is 50.8 cm³/mol. The second-order valence-corrected chi connectivity index (χ2v) is 3.37. The summed E-state index contributed by atoms with van der Waals surface area (Å²) in [4.78, 5) is 4.26. The maximum atomic E-state index is 5.46. The Kier molecular flexibility index (Phi) is 4.92. The average Bonchev–Trinajstić information content (AvgIpc) is 1.85. The van der Waals surface area contributed by atoms with Gasteiger partial charge in [0.05, 0.1) is 5.84 Å². The standard InChI is InChI=1S/C9H20N2/c1-5-7(2)6-8(3)11-9(4)10/h7-8H,5-6H2,1-4H3,(H2,10,11). The van der Waals surface area contributed by atoms with Gasteiger partial charge >= 0.3 is 0 Å². The summed E-state index contributed by atoms with van der Waals surface area (Å²) in [5, 5.41) is 0. The van der Waals surface area contributed by atoms with Gasteiger partial charge in [0.25, 0.3) is 0 Å². The van der Waals surface area contributed by atoms with Crippen molar-refractivity contribution in [3.05, 3.63) is 0 Å². The number of rotatable bonds is 4. The van der Waals surface area contributed by atoms with Crippen molar-refractivity contribution in [1.29, 1.82) is 0 Å². The van der Waals surface area contributed by atoms with Crippen molar-refractivity contribution >= 4 is 5.84 Å². The molecule has 2 N–H and O–H groups in total. The van der Waals surface area contributed by atoms with E-state index in [1.807, 2.05) is 6.92 Å². The maximum Gasteiger partial charge on any atom is 0.0908 e. The molecule has 2 heteroatoms. The van der Waals surface area contributed by atoms with Gasteiger partial charge in [-0.25, -0.2) is 0 Å². The zero-order chi connectivity index (χ0) is 8.85. The van der Waals surface area contributed by atoms with Gasteiger partial charge < -0.3 is 5.73 Å². The Labute approximate surface area is 69.9 Å². The van der Waals surface area contributed by atoms with Crippen LogP contribution in [0.4, 0.5) is 0 Å². The van der Waals surface area contributed by atoms with Crippen LogP contribution in [0.15, 0.2) is 4.99 Å². The van der Waals surface area contributed by atoms with Crippen molar-refractivity contribution in [2.75, 3.05) is 0 Å². The van der Waals surface area contributed by atoms with Crippen LogP contribution in [0.3, 0.4) is 0 Å². The van der Waals surface area contributed by atoms with E-state index in [2.05, 4.69) is 25.8 Å². The van der Waals surface area contributed by atoms with Crippen LogP contribution in [0, 0.1) is 5.92 Å². The smallest absolute Gasteiger partial charge is 0.0908 e. The minimum Gasteiger partial charge on any atom is -0.388 e. The fourth-order valence-corrected chi connectivity index (χ4v) is 1.15. The Morgan fingerprint density at radius 2 is 2.00 bits per heavy atom. The largest absolute Gasteiger partial charge is 0.388 e. The molecule has 0 aromatic rings. The van der Waals surface area contributed by atoms with Crippen LogP contribution in [-0.4, -0.2) is 11.9 Å². The van der Waals surface area contributed by atoms with Crippen LogP contribution in [0.25, 0.3) is 0 Å². The highest BCUT2D eigenvalue weighted by atomic mass is 14.9. The zero-order valence-corrected chi connectivity index (χ0v) is 8.09. The molecule has 0 bridgehead atoms.